The van der Waals surface area contributed by atoms with Gasteiger partial charge in [-0.1, -0.05) is 30.3 Å². The molecule has 0 aliphatic rings. The first-order valence-electron chi connectivity index (χ1n) is 9.26. The molecule has 0 atom stereocenters. The molecule has 0 radical (unpaired) electrons. The van der Waals surface area contributed by atoms with Gasteiger partial charge in [0.25, 0.3) is 0 Å². The van der Waals surface area contributed by atoms with Gasteiger partial charge in [0.2, 0.25) is 0 Å². The molecular formula is C24H13N3O. The number of hydrogen-bond acceptors (Lipinski definition) is 3. The van der Waals surface area contributed by atoms with E-state index in [2.05, 4.69) is 45.8 Å². The molecule has 7 rings (SSSR count). The molecule has 0 N–H and O–H groups in total. The number of benzene rings is 3. The summed E-state index contributed by atoms with van der Waals surface area (Å²) in [7, 11) is 0. The Kier molecular flexibility index (Phi) is 2.46. The summed E-state index contributed by atoms with van der Waals surface area (Å²) < 4.78 is 8.40. The summed E-state index contributed by atoms with van der Waals surface area (Å²) in [5.74, 6) is 0. The van der Waals surface area contributed by atoms with Crippen LogP contribution in [0.2, 0.25) is 0 Å². The first-order chi connectivity index (χ1) is 13.9. The van der Waals surface area contributed by atoms with Crippen molar-refractivity contribution in [3.63, 3.8) is 0 Å². The number of aromatic nitrogens is 3. The van der Waals surface area contributed by atoms with Crippen LogP contribution in [0.4, 0.5) is 0 Å². The molecule has 0 spiro atoms. The van der Waals surface area contributed by atoms with Crippen LogP contribution in [-0.4, -0.2) is 14.4 Å². The van der Waals surface area contributed by atoms with E-state index in [9.17, 15) is 0 Å². The predicted molar refractivity (Wildman–Crippen MR) is 113 cm³/mol. The highest BCUT2D eigenvalue weighted by atomic mass is 16.3. The van der Waals surface area contributed by atoms with Crippen molar-refractivity contribution in [2.75, 3.05) is 0 Å². The Bertz CT molecular complexity index is 1720. The fourth-order valence-corrected chi connectivity index (χ4v) is 4.42. The third-order valence-corrected chi connectivity index (χ3v) is 5.65. The van der Waals surface area contributed by atoms with Gasteiger partial charge in [0.15, 0.2) is 0 Å². The van der Waals surface area contributed by atoms with Crippen LogP contribution in [0.3, 0.4) is 0 Å². The Morgan fingerprint density at radius 3 is 2.57 bits per heavy atom. The van der Waals surface area contributed by atoms with Crippen LogP contribution in [0.15, 0.2) is 83.5 Å². The Labute approximate surface area is 158 Å². The van der Waals surface area contributed by atoms with E-state index in [-0.39, 0.29) is 0 Å². The zero-order valence-electron chi connectivity index (χ0n) is 14.8. The lowest BCUT2D eigenvalue weighted by Gasteiger charge is -2.08. The maximum Gasteiger partial charge on any atom is 0.146 e. The largest absolute Gasteiger partial charge is 0.456 e. The summed E-state index contributed by atoms with van der Waals surface area (Å²) >= 11 is 0. The van der Waals surface area contributed by atoms with E-state index in [4.69, 9.17) is 9.40 Å². The molecule has 0 saturated carbocycles. The summed E-state index contributed by atoms with van der Waals surface area (Å²) in [6.07, 6.45) is 3.75. The number of furan rings is 1. The molecule has 130 valence electrons. The van der Waals surface area contributed by atoms with Crippen LogP contribution in [0, 0.1) is 0 Å². The maximum atomic E-state index is 6.15. The number of hydrogen-bond donors (Lipinski definition) is 0. The normalized spacial score (nSPS) is 12.3. The van der Waals surface area contributed by atoms with Gasteiger partial charge in [-0.15, -0.1) is 0 Å². The van der Waals surface area contributed by atoms with Crippen LogP contribution >= 0.6 is 0 Å². The number of pyridine rings is 2. The molecule has 0 bridgehead atoms. The van der Waals surface area contributed by atoms with Gasteiger partial charge in [-0.05, 0) is 36.4 Å². The number of nitrogens with zero attached hydrogens (tertiary/aromatic N) is 3. The van der Waals surface area contributed by atoms with Crippen molar-refractivity contribution in [2.45, 2.75) is 0 Å². The van der Waals surface area contributed by atoms with Gasteiger partial charge in [0, 0.05) is 39.3 Å². The summed E-state index contributed by atoms with van der Waals surface area (Å²) in [5, 5.41) is 5.54. The Hall–Kier alpha value is -3.92. The lowest BCUT2D eigenvalue weighted by atomic mass is 10.0. The number of imidazole rings is 1. The molecule has 28 heavy (non-hydrogen) atoms. The summed E-state index contributed by atoms with van der Waals surface area (Å²) in [5.41, 5.74) is 5.96. The van der Waals surface area contributed by atoms with Gasteiger partial charge in [-0.2, -0.15) is 0 Å². The fraction of sp³-hybridized carbons (Fsp3) is 0. The van der Waals surface area contributed by atoms with Crippen molar-refractivity contribution in [3.05, 3.63) is 79.1 Å². The van der Waals surface area contributed by atoms with Gasteiger partial charge in [0.1, 0.15) is 16.8 Å². The first-order valence-corrected chi connectivity index (χ1v) is 9.26. The van der Waals surface area contributed by atoms with Crippen LogP contribution in [0.25, 0.3) is 60.3 Å². The van der Waals surface area contributed by atoms with Gasteiger partial charge in [0.05, 0.1) is 16.6 Å². The standard InChI is InChI=1S/C24H13N3O/c1-4-8-22-14(5-1)17-11-21-16(12-23(17)28-22)18-13-25-10-9-15(18)24-26-19-6-2-3-7-20(19)27(21)24/h1-13H. The minimum atomic E-state index is 0.891. The summed E-state index contributed by atoms with van der Waals surface area (Å²) in [6.45, 7) is 0. The van der Waals surface area contributed by atoms with E-state index in [0.29, 0.717) is 0 Å². The second kappa shape index (κ2) is 4.87. The van der Waals surface area contributed by atoms with Gasteiger partial charge in [-0.25, -0.2) is 4.98 Å². The van der Waals surface area contributed by atoms with Crippen molar-refractivity contribution in [2.24, 2.45) is 0 Å². The predicted octanol–water partition coefficient (Wildman–Crippen LogP) is 6.09. The quantitative estimate of drug-likeness (QED) is 0.308. The molecule has 3 aromatic carbocycles. The Morgan fingerprint density at radius 2 is 1.57 bits per heavy atom. The topological polar surface area (TPSA) is 43.3 Å². The lowest BCUT2D eigenvalue weighted by molar-refractivity contribution is 0.669. The smallest absolute Gasteiger partial charge is 0.146 e. The van der Waals surface area contributed by atoms with Crippen molar-refractivity contribution >= 4 is 60.3 Å². The molecule has 4 heteroatoms. The number of rotatable bonds is 0. The van der Waals surface area contributed by atoms with Crippen LogP contribution in [-0.2, 0) is 0 Å². The number of fused-ring (bicyclic) bond motifs is 11. The minimum Gasteiger partial charge on any atom is -0.456 e. The SMILES string of the molecule is c1ccc2c(c1)nc1c3ccncc3c3cc4oc5ccccc5c4cc3n21. The molecule has 0 unspecified atom stereocenters. The van der Waals surface area contributed by atoms with Crippen LogP contribution in [0.5, 0.6) is 0 Å². The van der Waals surface area contributed by atoms with Crippen LogP contribution < -0.4 is 0 Å². The molecule has 0 aliphatic carbocycles. The highest BCUT2D eigenvalue weighted by Crippen LogP contribution is 2.37. The third kappa shape index (κ3) is 1.65. The molecule has 0 fully saturated rings. The molecular weight excluding hydrogens is 346 g/mol. The Balaban J connectivity index is 1.85. The van der Waals surface area contributed by atoms with E-state index < -0.39 is 0 Å². The van der Waals surface area contributed by atoms with Crippen molar-refractivity contribution in [3.8, 4) is 0 Å². The summed E-state index contributed by atoms with van der Waals surface area (Å²) in [6, 6.07) is 22.9. The molecule has 0 saturated heterocycles. The van der Waals surface area contributed by atoms with Crippen molar-refractivity contribution in [1.29, 1.82) is 0 Å². The zero-order chi connectivity index (χ0) is 18.2. The minimum absolute atomic E-state index is 0.891. The molecule has 4 aromatic heterocycles. The summed E-state index contributed by atoms with van der Waals surface area (Å²) in [4.78, 5) is 9.31. The van der Waals surface area contributed by atoms with Gasteiger partial charge in [-0.3, -0.25) is 9.38 Å². The molecule has 4 heterocycles. The van der Waals surface area contributed by atoms with Crippen molar-refractivity contribution < 1.29 is 4.42 Å². The average Bonchev–Trinajstić information content (AvgIpc) is 3.31. The van der Waals surface area contributed by atoms with E-state index in [0.717, 1.165) is 60.3 Å². The van der Waals surface area contributed by atoms with E-state index in [1.165, 1.54) is 0 Å². The van der Waals surface area contributed by atoms with E-state index in [1.54, 1.807) is 0 Å². The number of para-hydroxylation sites is 3. The molecule has 4 nitrogen and oxygen atoms in total. The second-order valence-electron chi connectivity index (χ2n) is 7.14. The second-order valence-corrected chi connectivity index (χ2v) is 7.14. The lowest BCUT2D eigenvalue weighted by Crippen LogP contribution is -1.92. The Morgan fingerprint density at radius 1 is 0.679 bits per heavy atom. The highest BCUT2D eigenvalue weighted by Gasteiger charge is 2.16. The van der Waals surface area contributed by atoms with Crippen LogP contribution in [0.1, 0.15) is 0 Å². The van der Waals surface area contributed by atoms with Gasteiger partial charge >= 0.3 is 0 Å². The fourth-order valence-electron chi connectivity index (χ4n) is 4.42. The monoisotopic (exact) mass is 359 g/mol. The molecule has 0 amide bonds. The maximum absolute atomic E-state index is 6.15. The average molecular weight is 359 g/mol. The van der Waals surface area contributed by atoms with Crippen molar-refractivity contribution in [1.82, 2.24) is 14.4 Å². The van der Waals surface area contributed by atoms with E-state index in [1.807, 2.05) is 42.7 Å². The first kappa shape index (κ1) is 14.2. The zero-order valence-corrected chi connectivity index (χ0v) is 14.8. The highest BCUT2D eigenvalue weighted by molar-refractivity contribution is 6.18. The molecule has 0 aliphatic heterocycles. The third-order valence-electron chi connectivity index (χ3n) is 5.65. The van der Waals surface area contributed by atoms with Gasteiger partial charge < -0.3 is 4.42 Å². The van der Waals surface area contributed by atoms with E-state index >= 15 is 0 Å². The molecule has 7 aromatic rings.